The lowest BCUT2D eigenvalue weighted by molar-refractivity contribution is 0.270. The van der Waals surface area contributed by atoms with Crippen LogP contribution in [0.1, 0.15) is 51.9 Å². The lowest BCUT2D eigenvalue weighted by atomic mass is 9.91. The molecule has 0 aromatic rings. The van der Waals surface area contributed by atoms with E-state index < -0.39 is 10.0 Å². The molecule has 1 aliphatic rings. The Hall–Kier alpha value is -0.130. The second-order valence-electron chi connectivity index (χ2n) is 5.02. The molecule has 0 spiro atoms. The molecule has 5 heteroatoms. The second kappa shape index (κ2) is 7.34. The molecule has 0 aromatic carbocycles. The molecule has 0 saturated heterocycles. The van der Waals surface area contributed by atoms with Gasteiger partial charge in [0.2, 0.25) is 10.0 Å². The van der Waals surface area contributed by atoms with Crippen LogP contribution in [0.3, 0.4) is 0 Å². The normalized spacial score (nSPS) is 20.4. The van der Waals surface area contributed by atoms with Crippen molar-refractivity contribution in [3.05, 3.63) is 0 Å². The van der Waals surface area contributed by atoms with Crippen LogP contribution in [-0.2, 0) is 10.0 Å². The third-order valence-electron chi connectivity index (χ3n) is 3.50. The zero-order valence-electron chi connectivity index (χ0n) is 10.7. The van der Waals surface area contributed by atoms with Gasteiger partial charge in [-0.15, -0.1) is 0 Å². The average molecular weight is 263 g/mol. The third-order valence-corrected chi connectivity index (χ3v) is 5.10. The van der Waals surface area contributed by atoms with Gasteiger partial charge in [-0.25, -0.2) is 13.1 Å². The fourth-order valence-corrected chi connectivity index (χ4v) is 4.31. The summed E-state index contributed by atoms with van der Waals surface area (Å²) in [4.78, 5) is 0. The highest BCUT2D eigenvalue weighted by atomic mass is 32.2. The van der Waals surface area contributed by atoms with Gasteiger partial charge in [-0.05, 0) is 31.6 Å². The van der Waals surface area contributed by atoms with Gasteiger partial charge in [0, 0.05) is 12.6 Å². The molecule has 2 N–H and O–H groups in total. The number of hydrogen-bond acceptors (Lipinski definition) is 3. The molecule has 0 aromatic heterocycles. The van der Waals surface area contributed by atoms with Crippen molar-refractivity contribution in [3.63, 3.8) is 0 Å². The highest BCUT2D eigenvalue weighted by Crippen LogP contribution is 2.24. The Bertz CT molecular complexity index is 284. The predicted molar refractivity (Wildman–Crippen MR) is 69.3 cm³/mol. The Balaban J connectivity index is 2.43. The summed E-state index contributed by atoms with van der Waals surface area (Å²) >= 11 is 0. The van der Waals surface area contributed by atoms with Crippen LogP contribution in [0.4, 0.5) is 0 Å². The topological polar surface area (TPSA) is 66.4 Å². The molecule has 0 bridgehead atoms. The van der Waals surface area contributed by atoms with E-state index in [0.29, 0.717) is 12.3 Å². The lowest BCUT2D eigenvalue weighted by Crippen LogP contribution is -2.38. The van der Waals surface area contributed by atoms with E-state index >= 15 is 0 Å². The maximum absolute atomic E-state index is 12.0. The van der Waals surface area contributed by atoms with E-state index in [4.69, 9.17) is 5.11 Å². The molecule has 1 aliphatic carbocycles. The van der Waals surface area contributed by atoms with Crippen LogP contribution in [-0.4, -0.2) is 31.9 Å². The van der Waals surface area contributed by atoms with E-state index in [1.807, 2.05) is 6.92 Å². The first-order valence-electron chi connectivity index (χ1n) is 6.68. The third kappa shape index (κ3) is 5.84. The molecule has 0 heterocycles. The number of rotatable bonds is 7. The molecule has 0 aliphatic heterocycles. The Morgan fingerprint density at radius 2 is 1.94 bits per heavy atom. The summed E-state index contributed by atoms with van der Waals surface area (Å²) in [6.07, 6.45) is 6.87. The second-order valence-corrected chi connectivity index (χ2v) is 6.82. The largest absolute Gasteiger partial charge is 0.396 e. The van der Waals surface area contributed by atoms with Crippen molar-refractivity contribution < 1.29 is 13.5 Å². The smallest absolute Gasteiger partial charge is 0.212 e. The van der Waals surface area contributed by atoms with Crippen molar-refractivity contribution in [3.8, 4) is 0 Å². The summed E-state index contributed by atoms with van der Waals surface area (Å²) in [6, 6.07) is -0.117. The van der Waals surface area contributed by atoms with Gasteiger partial charge in [0.1, 0.15) is 0 Å². The van der Waals surface area contributed by atoms with Gasteiger partial charge in [0.05, 0.1) is 5.75 Å². The number of aliphatic hydroxyl groups excluding tert-OH is 1. The summed E-state index contributed by atoms with van der Waals surface area (Å²) in [5, 5.41) is 8.85. The summed E-state index contributed by atoms with van der Waals surface area (Å²) < 4.78 is 26.6. The van der Waals surface area contributed by atoms with Gasteiger partial charge in [0.25, 0.3) is 0 Å². The minimum atomic E-state index is -3.18. The highest BCUT2D eigenvalue weighted by Gasteiger charge is 2.23. The molecule has 102 valence electrons. The zero-order chi connectivity index (χ0) is 12.7. The average Bonchev–Trinajstić information content (AvgIpc) is 2.29. The van der Waals surface area contributed by atoms with E-state index in [2.05, 4.69) is 4.72 Å². The van der Waals surface area contributed by atoms with Gasteiger partial charge in [-0.1, -0.05) is 26.2 Å². The molecule has 1 saturated carbocycles. The van der Waals surface area contributed by atoms with Crippen molar-refractivity contribution in [2.75, 3.05) is 12.4 Å². The van der Waals surface area contributed by atoms with Gasteiger partial charge in [0.15, 0.2) is 0 Å². The molecule has 17 heavy (non-hydrogen) atoms. The van der Waals surface area contributed by atoms with Crippen LogP contribution in [0.25, 0.3) is 0 Å². The maximum atomic E-state index is 12.0. The maximum Gasteiger partial charge on any atom is 0.212 e. The van der Waals surface area contributed by atoms with E-state index in [1.165, 1.54) is 6.42 Å². The summed E-state index contributed by atoms with van der Waals surface area (Å²) in [7, 11) is -3.18. The number of sulfonamides is 1. The van der Waals surface area contributed by atoms with Crippen LogP contribution in [0.5, 0.6) is 0 Å². The first kappa shape index (κ1) is 14.9. The Morgan fingerprint density at radius 3 is 2.47 bits per heavy atom. The Labute approximate surface area is 105 Å². The van der Waals surface area contributed by atoms with Crippen LogP contribution >= 0.6 is 0 Å². The number of aliphatic hydroxyl groups is 1. The molecular formula is C12H25NO3S. The fourth-order valence-electron chi connectivity index (χ4n) is 2.47. The molecule has 1 unspecified atom stereocenters. The summed E-state index contributed by atoms with van der Waals surface area (Å²) in [6.45, 7) is 1.97. The van der Waals surface area contributed by atoms with Gasteiger partial charge >= 0.3 is 0 Å². The quantitative estimate of drug-likeness (QED) is 0.734. The van der Waals surface area contributed by atoms with Crippen molar-refractivity contribution >= 4 is 10.0 Å². The fraction of sp³-hybridized carbons (Fsp3) is 1.00. The molecule has 1 rings (SSSR count). The molecule has 1 fully saturated rings. The van der Waals surface area contributed by atoms with Crippen LogP contribution in [0, 0.1) is 5.92 Å². The van der Waals surface area contributed by atoms with E-state index in [0.717, 1.165) is 32.1 Å². The van der Waals surface area contributed by atoms with Crippen LogP contribution < -0.4 is 4.72 Å². The standard InChI is InChI=1S/C12H25NO3S/c1-2-12(8-9-14)13-17(15,16)10-11-6-4-3-5-7-11/h11-14H,2-10H2,1H3. The summed E-state index contributed by atoms with van der Waals surface area (Å²) in [5.41, 5.74) is 0. The number of hydrogen-bond donors (Lipinski definition) is 2. The van der Waals surface area contributed by atoms with Crippen molar-refractivity contribution in [1.29, 1.82) is 0 Å². The Morgan fingerprint density at radius 1 is 1.29 bits per heavy atom. The molecular weight excluding hydrogens is 238 g/mol. The number of nitrogens with one attached hydrogen (secondary N) is 1. The van der Waals surface area contributed by atoms with E-state index in [1.54, 1.807) is 0 Å². The van der Waals surface area contributed by atoms with Gasteiger partial charge in [-0.3, -0.25) is 0 Å². The first-order chi connectivity index (χ1) is 8.07. The minimum absolute atomic E-state index is 0.0322. The SMILES string of the molecule is CCC(CCO)NS(=O)(=O)CC1CCCCC1. The van der Waals surface area contributed by atoms with Gasteiger partial charge < -0.3 is 5.11 Å². The molecule has 1 atom stereocenters. The van der Waals surface area contributed by atoms with Crippen LogP contribution in [0.2, 0.25) is 0 Å². The van der Waals surface area contributed by atoms with E-state index in [-0.39, 0.29) is 18.4 Å². The monoisotopic (exact) mass is 263 g/mol. The predicted octanol–water partition coefficient (Wildman–Crippen LogP) is 1.65. The van der Waals surface area contributed by atoms with Crippen molar-refractivity contribution in [2.24, 2.45) is 5.92 Å². The van der Waals surface area contributed by atoms with Crippen molar-refractivity contribution in [1.82, 2.24) is 4.72 Å². The zero-order valence-corrected chi connectivity index (χ0v) is 11.5. The van der Waals surface area contributed by atoms with Crippen LogP contribution in [0.15, 0.2) is 0 Å². The summed E-state index contributed by atoms with van der Waals surface area (Å²) in [5.74, 6) is 0.586. The van der Waals surface area contributed by atoms with Crippen molar-refractivity contribution in [2.45, 2.75) is 57.9 Å². The first-order valence-corrected chi connectivity index (χ1v) is 8.33. The highest BCUT2D eigenvalue weighted by molar-refractivity contribution is 7.89. The Kier molecular flexibility index (Phi) is 6.44. The minimum Gasteiger partial charge on any atom is -0.396 e. The van der Waals surface area contributed by atoms with E-state index in [9.17, 15) is 8.42 Å². The van der Waals surface area contributed by atoms with Gasteiger partial charge in [-0.2, -0.15) is 0 Å². The molecule has 0 amide bonds. The lowest BCUT2D eigenvalue weighted by Gasteiger charge is -2.23. The molecule has 0 radical (unpaired) electrons. The molecule has 4 nitrogen and oxygen atoms in total.